The average Bonchev–Trinajstić information content (AvgIpc) is 2.82. The fourth-order valence-corrected chi connectivity index (χ4v) is 3.69. The van der Waals surface area contributed by atoms with E-state index < -0.39 is 6.10 Å². The van der Waals surface area contributed by atoms with E-state index in [9.17, 15) is 9.90 Å². The van der Waals surface area contributed by atoms with Crippen LogP contribution in [0.5, 0.6) is 5.75 Å². The number of rotatable bonds is 9. The minimum absolute atomic E-state index is 0.167. The van der Waals surface area contributed by atoms with Gasteiger partial charge in [0.15, 0.2) is 0 Å². The third-order valence-corrected chi connectivity index (χ3v) is 5.47. The highest BCUT2D eigenvalue weighted by Crippen LogP contribution is 2.25. The summed E-state index contributed by atoms with van der Waals surface area (Å²) in [5.74, 6) is 0.627. The first-order valence-electron chi connectivity index (χ1n) is 10.8. The van der Waals surface area contributed by atoms with Gasteiger partial charge >= 0.3 is 5.63 Å². The maximum absolute atomic E-state index is 12.5. The minimum atomic E-state index is -0.641. The molecule has 164 valence electrons. The molecule has 0 fully saturated rings. The molecule has 1 atom stereocenters. The van der Waals surface area contributed by atoms with Gasteiger partial charge in [-0.05, 0) is 41.8 Å². The lowest BCUT2D eigenvalue weighted by molar-refractivity contribution is 0.106. The van der Waals surface area contributed by atoms with Gasteiger partial charge in [0.25, 0.3) is 0 Å². The Morgan fingerprint density at radius 3 is 2.38 bits per heavy atom. The number of nitrogens with one attached hydrogen (secondary N) is 1. The van der Waals surface area contributed by atoms with Crippen molar-refractivity contribution in [3.63, 3.8) is 0 Å². The summed E-state index contributed by atoms with van der Waals surface area (Å²) in [6.07, 6.45) is -0.125. The highest BCUT2D eigenvalue weighted by Gasteiger charge is 2.13. The van der Waals surface area contributed by atoms with E-state index in [4.69, 9.17) is 9.15 Å². The van der Waals surface area contributed by atoms with Crippen molar-refractivity contribution in [3.05, 3.63) is 112 Å². The van der Waals surface area contributed by atoms with Crippen LogP contribution in [-0.2, 0) is 13.0 Å². The number of hydrogen-bond donors (Lipinski definition) is 2. The van der Waals surface area contributed by atoms with Gasteiger partial charge in [0.05, 0.1) is 0 Å². The van der Waals surface area contributed by atoms with Gasteiger partial charge in [0.1, 0.15) is 24.0 Å². The Hall–Kier alpha value is -3.41. The van der Waals surface area contributed by atoms with Crippen LogP contribution in [0.4, 0.5) is 0 Å². The fourth-order valence-electron chi connectivity index (χ4n) is 3.69. The first-order chi connectivity index (χ1) is 15.6. The Bertz CT molecular complexity index is 1220. The van der Waals surface area contributed by atoms with Crippen molar-refractivity contribution in [1.29, 1.82) is 0 Å². The van der Waals surface area contributed by atoms with E-state index in [1.807, 2.05) is 73.7 Å². The van der Waals surface area contributed by atoms with Crippen molar-refractivity contribution in [2.45, 2.75) is 26.0 Å². The van der Waals surface area contributed by atoms with Crippen LogP contribution in [0, 0.1) is 6.92 Å². The van der Waals surface area contributed by atoms with Crippen LogP contribution in [0.25, 0.3) is 11.0 Å². The Morgan fingerprint density at radius 1 is 0.969 bits per heavy atom. The number of aryl methyl sites for hydroxylation is 1. The second kappa shape index (κ2) is 10.3. The van der Waals surface area contributed by atoms with Gasteiger partial charge in [-0.3, -0.25) is 0 Å². The van der Waals surface area contributed by atoms with Crippen molar-refractivity contribution in [2.75, 3.05) is 13.2 Å². The first kappa shape index (κ1) is 21.8. The minimum Gasteiger partial charge on any atom is -0.491 e. The Morgan fingerprint density at radius 2 is 1.66 bits per heavy atom. The molecule has 1 aromatic heterocycles. The van der Waals surface area contributed by atoms with Crippen molar-refractivity contribution in [3.8, 4) is 5.75 Å². The molecule has 0 saturated carbocycles. The zero-order chi connectivity index (χ0) is 22.3. The van der Waals surface area contributed by atoms with E-state index in [2.05, 4.69) is 5.32 Å². The number of hydrogen-bond acceptors (Lipinski definition) is 5. The molecule has 5 heteroatoms. The van der Waals surface area contributed by atoms with Gasteiger partial charge in [-0.2, -0.15) is 0 Å². The van der Waals surface area contributed by atoms with Crippen LogP contribution in [0.1, 0.15) is 22.3 Å². The summed E-state index contributed by atoms with van der Waals surface area (Å²) >= 11 is 0. The molecule has 32 heavy (non-hydrogen) atoms. The lowest BCUT2D eigenvalue weighted by Gasteiger charge is -2.14. The third kappa shape index (κ3) is 5.44. The topological polar surface area (TPSA) is 71.7 Å². The van der Waals surface area contributed by atoms with E-state index in [-0.39, 0.29) is 12.2 Å². The SMILES string of the molecule is Cc1c(Cc2ccccc2)c(=O)oc2ccc(OCC(O)CNCc3ccccc3)cc12. The van der Waals surface area contributed by atoms with Crippen molar-refractivity contribution >= 4 is 11.0 Å². The van der Waals surface area contributed by atoms with Crippen molar-refractivity contribution < 1.29 is 14.3 Å². The molecule has 0 aliphatic rings. The van der Waals surface area contributed by atoms with E-state index in [1.165, 1.54) is 5.56 Å². The number of aliphatic hydroxyl groups is 1. The summed E-state index contributed by atoms with van der Waals surface area (Å²) in [5, 5.41) is 14.3. The lowest BCUT2D eigenvalue weighted by Crippen LogP contribution is -2.31. The van der Waals surface area contributed by atoms with Gasteiger partial charge in [-0.25, -0.2) is 4.79 Å². The second-order valence-corrected chi connectivity index (χ2v) is 7.89. The van der Waals surface area contributed by atoms with Crippen LogP contribution < -0.4 is 15.7 Å². The fraction of sp³-hybridized carbons (Fsp3) is 0.222. The lowest BCUT2D eigenvalue weighted by atomic mass is 9.99. The summed E-state index contributed by atoms with van der Waals surface area (Å²) in [7, 11) is 0. The monoisotopic (exact) mass is 429 g/mol. The van der Waals surface area contributed by atoms with E-state index in [0.29, 0.717) is 36.4 Å². The summed E-state index contributed by atoms with van der Waals surface area (Å²) in [5.41, 5.74) is 3.97. The number of fused-ring (bicyclic) bond motifs is 1. The highest BCUT2D eigenvalue weighted by atomic mass is 16.5. The van der Waals surface area contributed by atoms with E-state index in [0.717, 1.165) is 16.5 Å². The van der Waals surface area contributed by atoms with E-state index in [1.54, 1.807) is 12.1 Å². The maximum Gasteiger partial charge on any atom is 0.340 e. The summed E-state index contributed by atoms with van der Waals surface area (Å²) in [6.45, 7) is 3.22. The van der Waals surface area contributed by atoms with Gasteiger partial charge in [0, 0.05) is 30.5 Å². The number of aliphatic hydroxyl groups excluding tert-OH is 1. The molecular formula is C27H27NO4. The molecule has 1 unspecified atom stereocenters. The largest absolute Gasteiger partial charge is 0.491 e. The van der Waals surface area contributed by atoms with Crippen LogP contribution in [-0.4, -0.2) is 24.4 Å². The number of ether oxygens (including phenoxy) is 1. The molecule has 2 N–H and O–H groups in total. The molecule has 3 aromatic carbocycles. The van der Waals surface area contributed by atoms with E-state index >= 15 is 0 Å². The van der Waals surface area contributed by atoms with Gasteiger partial charge in [-0.1, -0.05) is 60.7 Å². The molecule has 0 saturated heterocycles. The second-order valence-electron chi connectivity index (χ2n) is 7.89. The summed E-state index contributed by atoms with van der Waals surface area (Å²) in [4.78, 5) is 12.5. The predicted octanol–water partition coefficient (Wildman–Crippen LogP) is 4.22. The Balaban J connectivity index is 1.41. The van der Waals surface area contributed by atoms with Gasteiger partial charge in [-0.15, -0.1) is 0 Å². The maximum atomic E-state index is 12.5. The first-order valence-corrected chi connectivity index (χ1v) is 10.8. The zero-order valence-electron chi connectivity index (χ0n) is 18.1. The molecule has 5 nitrogen and oxygen atoms in total. The summed E-state index contributed by atoms with van der Waals surface area (Å²) in [6, 6.07) is 25.3. The van der Waals surface area contributed by atoms with Gasteiger partial charge in [0.2, 0.25) is 0 Å². The standard InChI is InChI=1S/C27H27NO4/c1-19-24-15-23(31-18-22(29)17-28-16-21-10-6-3-7-11-21)12-13-26(24)32-27(30)25(19)14-20-8-4-2-5-9-20/h2-13,15,22,28-29H,14,16-18H2,1H3. The van der Waals surface area contributed by atoms with Crippen molar-refractivity contribution in [2.24, 2.45) is 0 Å². The normalized spacial score (nSPS) is 12.1. The molecule has 0 radical (unpaired) electrons. The van der Waals surface area contributed by atoms with Crippen LogP contribution in [0.2, 0.25) is 0 Å². The van der Waals surface area contributed by atoms with Crippen LogP contribution in [0.15, 0.2) is 88.1 Å². The zero-order valence-corrected chi connectivity index (χ0v) is 18.1. The highest BCUT2D eigenvalue weighted by molar-refractivity contribution is 5.82. The molecule has 4 aromatic rings. The third-order valence-electron chi connectivity index (χ3n) is 5.47. The van der Waals surface area contributed by atoms with Gasteiger partial charge < -0.3 is 19.6 Å². The predicted molar refractivity (Wildman–Crippen MR) is 126 cm³/mol. The number of benzene rings is 3. The average molecular weight is 430 g/mol. The Labute approximate surface area is 187 Å². The molecule has 0 amide bonds. The van der Waals surface area contributed by atoms with Crippen LogP contribution in [0.3, 0.4) is 0 Å². The quantitative estimate of drug-likeness (QED) is 0.390. The van der Waals surface area contributed by atoms with Crippen molar-refractivity contribution in [1.82, 2.24) is 5.32 Å². The summed E-state index contributed by atoms with van der Waals surface area (Å²) < 4.78 is 11.4. The molecule has 1 heterocycles. The molecule has 0 aliphatic heterocycles. The molecular weight excluding hydrogens is 402 g/mol. The Kier molecular flexibility index (Phi) is 7.00. The molecule has 4 rings (SSSR count). The smallest absolute Gasteiger partial charge is 0.340 e. The molecule has 0 bridgehead atoms. The molecule has 0 aliphatic carbocycles. The van der Waals surface area contributed by atoms with Crippen LogP contribution >= 0.6 is 0 Å². The molecule has 0 spiro atoms.